The topological polar surface area (TPSA) is 66.6 Å². The molecule has 1 saturated heterocycles. The van der Waals surface area contributed by atoms with E-state index in [4.69, 9.17) is 14.5 Å². The van der Waals surface area contributed by atoms with Crippen molar-refractivity contribution < 1.29 is 14.3 Å². The van der Waals surface area contributed by atoms with Crippen molar-refractivity contribution in [2.75, 3.05) is 13.1 Å². The molecule has 0 radical (unpaired) electrons. The number of para-hydroxylation sites is 1. The number of carboxylic acids is 1. The van der Waals surface area contributed by atoms with Gasteiger partial charge in [-0.3, -0.25) is 4.90 Å². The fraction of sp³-hybridized carbons (Fsp3) is 0.333. The van der Waals surface area contributed by atoms with Crippen molar-refractivity contribution in [3.8, 4) is 0 Å². The first-order valence-electron chi connectivity index (χ1n) is 8.08. The van der Waals surface area contributed by atoms with Crippen molar-refractivity contribution in [2.24, 2.45) is 0 Å². The number of thiazole rings is 1. The minimum absolute atomic E-state index is 0.0586. The lowest BCUT2D eigenvalue weighted by Gasteiger charge is -2.30. The average molecular weight is 342 g/mol. The van der Waals surface area contributed by atoms with E-state index in [1.807, 2.05) is 6.07 Å². The third-order valence-corrected chi connectivity index (χ3v) is 5.78. The zero-order chi connectivity index (χ0) is 16.5. The van der Waals surface area contributed by atoms with Crippen LogP contribution in [-0.2, 0) is 6.54 Å². The zero-order valence-electron chi connectivity index (χ0n) is 13.1. The van der Waals surface area contributed by atoms with Gasteiger partial charge < -0.3 is 9.52 Å². The van der Waals surface area contributed by atoms with Crippen LogP contribution in [-0.4, -0.2) is 34.0 Å². The molecule has 1 aromatic carbocycles. The van der Waals surface area contributed by atoms with Gasteiger partial charge in [0.1, 0.15) is 0 Å². The minimum atomic E-state index is -1.00. The lowest BCUT2D eigenvalue weighted by molar-refractivity contribution is 0.0658. The van der Waals surface area contributed by atoms with Crippen LogP contribution in [0.1, 0.15) is 39.9 Å². The van der Waals surface area contributed by atoms with Crippen molar-refractivity contribution in [3.63, 3.8) is 0 Å². The molecule has 0 amide bonds. The number of hydrogen-bond acceptors (Lipinski definition) is 5. The van der Waals surface area contributed by atoms with E-state index < -0.39 is 5.97 Å². The van der Waals surface area contributed by atoms with Crippen molar-refractivity contribution in [3.05, 3.63) is 52.9 Å². The van der Waals surface area contributed by atoms with E-state index in [1.54, 1.807) is 17.4 Å². The van der Waals surface area contributed by atoms with E-state index in [9.17, 15) is 4.79 Å². The molecule has 1 N–H and O–H groups in total. The van der Waals surface area contributed by atoms with Gasteiger partial charge in [-0.2, -0.15) is 0 Å². The Kier molecular flexibility index (Phi) is 4.08. The molecule has 0 saturated carbocycles. The SMILES string of the molecule is O=C(O)c1occc1CN1CCC(c2nc3ccccc3s2)CC1. The van der Waals surface area contributed by atoms with E-state index in [0.717, 1.165) is 37.0 Å². The highest BCUT2D eigenvalue weighted by Gasteiger charge is 2.25. The number of likely N-dealkylation sites (tertiary alicyclic amines) is 1. The molecule has 0 atom stereocenters. The van der Waals surface area contributed by atoms with E-state index in [1.165, 1.54) is 16.0 Å². The molecule has 0 bridgehead atoms. The molecule has 4 rings (SSSR count). The first-order valence-corrected chi connectivity index (χ1v) is 8.90. The van der Waals surface area contributed by atoms with Crippen molar-refractivity contribution in [1.82, 2.24) is 9.88 Å². The third-order valence-electron chi connectivity index (χ3n) is 4.58. The predicted molar refractivity (Wildman–Crippen MR) is 92.5 cm³/mol. The molecule has 1 aliphatic heterocycles. The van der Waals surface area contributed by atoms with Crippen LogP contribution in [0.2, 0.25) is 0 Å². The summed E-state index contributed by atoms with van der Waals surface area (Å²) >= 11 is 1.79. The predicted octanol–water partition coefficient (Wildman–Crippen LogP) is 3.97. The van der Waals surface area contributed by atoms with Crippen LogP contribution in [0.25, 0.3) is 10.2 Å². The molecule has 1 fully saturated rings. The Balaban J connectivity index is 1.41. The van der Waals surface area contributed by atoms with Gasteiger partial charge in [0.25, 0.3) is 0 Å². The van der Waals surface area contributed by atoms with Crippen molar-refractivity contribution in [2.45, 2.75) is 25.3 Å². The number of aromatic nitrogens is 1. The second-order valence-corrected chi connectivity index (χ2v) is 7.21. The number of rotatable bonds is 4. The minimum Gasteiger partial charge on any atom is -0.475 e. The number of carbonyl (C=O) groups is 1. The number of carboxylic acid groups (broad SMARTS) is 1. The van der Waals surface area contributed by atoms with Gasteiger partial charge in [0.2, 0.25) is 5.76 Å². The Morgan fingerprint density at radius 3 is 2.83 bits per heavy atom. The lowest BCUT2D eigenvalue weighted by atomic mass is 9.97. The first kappa shape index (κ1) is 15.4. The molecule has 124 valence electrons. The van der Waals surface area contributed by atoms with Crippen LogP contribution in [0.15, 0.2) is 41.0 Å². The molecule has 0 unspecified atom stereocenters. The number of hydrogen-bond donors (Lipinski definition) is 1. The summed E-state index contributed by atoms with van der Waals surface area (Å²) in [6.45, 7) is 2.53. The van der Waals surface area contributed by atoms with Crippen LogP contribution < -0.4 is 0 Å². The summed E-state index contributed by atoms with van der Waals surface area (Å²) in [7, 11) is 0. The number of aromatic carboxylic acids is 1. The van der Waals surface area contributed by atoms with E-state index in [0.29, 0.717) is 12.5 Å². The number of fused-ring (bicyclic) bond motifs is 1. The summed E-state index contributed by atoms with van der Waals surface area (Å²) in [5.74, 6) is -0.440. The van der Waals surface area contributed by atoms with Crippen LogP contribution >= 0.6 is 11.3 Å². The van der Waals surface area contributed by atoms with Gasteiger partial charge in [0.05, 0.1) is 21.5 Å². The second-order valence-electron chi connectivity index (χ2n) is 6.15. The van der Waals surface area contributed by atoms with Gasteiger partial charge in [-0.15, -0.1) is 11.3 Å². The van der Waals surface area contributed by atoms with Crippen LogP contribution in [0.3, 0.4) is 0 Å². The Bertz CT molecular complexity index is 829. The molecule has 2 aromatic heterocycles. The molecular weight excluding hydrogens is 324 g/mol. The molecule has 3 aromatic rings. The van der Waals surface area contributed by atoms with Gasteiger partial charge in [-0.1, -0.05) is 12.1 Å². The Morgan fingerprint density at radius 1 is 1.29 bits per heavy atom. The van der Waals surface area contributed by atoms with Gasteiger partial charge in [-0.25, -0.2) is 9.78 Å². The second kappa shape index (κ2) is 6.37. The maximum Gasteiger partial charge on any atom is 0.372 e. The fourth-order valence-electron chi connectivity index (χ4n) is 3.29. The molecule has 0 spiro atoms. The summed E-state index contributed by atoms with van der Waals surface area (Å²) in [5, 5.41) is 10.4. The quantitative estimate of drug-likeness (QED) is 0.777. The Hall–Kier alpha value is -2.18. The fourth-order valence-corrected chi connectivity index (χ4v) is 4.43. The summed E-state index contributed by atoms with van der Waals surface area (Å²) in [5.41, 5.74) is 1.84. The number of piperidine rings is 1. The van der Waals surface area contributed by atoms with Crippen LogP contribution in [0, 0.1) is 0 Å². The van der Waals surface area contributed by atoms with Crippen molar-refractivity contribution in [1.29, 1.82) is 0 Å². The molecular formula is C18H18N2O3S. The van der Waals surface area contributed by atoms with Gasteiger partial charge in [-0.05, 0) is 44.1 Å². The van der Waals surface area contributed by atoms with E-state index >= 15 is 0 Å². The Labute approximate surface area is 143 Å². The average Bonchev–Trinajstić information content (AvgIpc) is 3.22. The van der Waals surface area contributed by atoms with Crippen molar-refractivity contribution >= 4 is 27.5 Å². The summed E-state index contributed by atoms with van der Waals surface area (Å²) < 4.78 is 6.31. The maximum atomic E-state index is 11.1. The summed E-state index contributed by atoms with van der Waals surface area (Å²) in [6.07, 6.45) is 3.56. The molecule has 24 heavy (non-hydrogen) atoms. The summed E-state index contributed by atoms with van der Waals surface area (Å²) in [4.78, 5) is 18.2. The van der Waals surface area contributed by atoms with Crippen LogP contribution in [0.5, 0.6) is 0 Å². The highest BCUT2D eigenvalue weighted by Crippen LogP contribution is 2.34. The first-order chi connectivity index (χ1) is 11.7. The van der Waals surface area contributed by atoms with Crippen LogP contribution in [0.4, 0.5) is 0 Å². The molecule has 3 heterocycles. The standard InChI is InChI=1S/C18H18N2O3S/c21-18(22)16-13(7-10-23-16)11-20-8-5-12(6-9-20)17-19-14-3-1-2-4-15(14)24-17/h1-4,7,10,12H,5-6,8-9,11H2,(H,21,22). The highest BCUT2D eigenvalue weighted by atomic mass is 32.1. The van der Waals surface area contributed by atoms with Gasteiger partial charge in [0, 0.05) is 18.0 Å². The maximum absolute atomic E-state index is 11.1. The smallest absolute Gasteiger partial charge is 0.372 e. The molecule has 5 nitrogen and oxygen atoms in total. The normalized spacial score (nSPS) is 16.7. The molecule has 0 aliphatic carbocycles. The highest BCUT2D eigenvalue weighted by molar-refractivity contribution is 7.18. The third kappa shape index (κ3) is 2.95. The number of benzene rings is 1. The monoisotopic (exact) mass is 342 g/mol. The lowest BCUT2D eigenvalue weighted by Crippen LogP contribution is -2.32. The molecule has 6 heteroatoms. The molecule has 1 aliphatic rings. The largest absolute Gasteiger partial charge is 0.475 e. The van der Waals surface area contributed by atoms with Gasteiger partial charge >= 0.3 is 5.97 Å². The Morgan fingerprint density at radius 2 is 2.08 bits per heavy atom. The summed E-state index contributed by atoms with van der Waals surface area (Å²) in [6, 6.07) is 10.0. The van der Waals surface area contributed by atoms with Gasteiger partial charge in [0.15, 0.2) is 0 Å². The number of furan rings is 1. The zero-order valence-corrected chi connectivity index (χ0v) is 14.0. The number of nitrogens with zero attached hydrogens (tertiary/aromatic N) is 2. The van der Waals surface area contributed by atoms with E-state index in [-0.39, 0.29) is 5.76 Å². The van der Waals surface area contributed by atoms with E-state index in [2.05, 4.69) is 23.1 Å².